The first-order chi connectivity index (χ1) is 5.24. The molecule has 1 N–H and O–H groups in total. The van der Waals surface area contributed by atoms with Gasteiger partial charge in [0.2, 0.25) is 0 Å². The third-order valence-corrected chi connectivity index (χ3v) is 2.61. The molecule has 66 valence electrons. The molecule has 2 atom stereocenters. The van der Waals surface area contributed by atoms with E-state index in [1.165, 1.54) is 25.7 Å². The fourth-order valence-electron chi connectivity index (χ4n) is 2.03. The van der Waals surface area contributed by atoms with E-state index in [1.807, 2.05) is 0 Å². The molecule has 0 spiro atoms. The van der Waals surface area contributed by atoms with Crippen molar-refractivity contribution >= 4 is 0 Å². The topological polar surface area (TPSA) is 15.3 Å². The second kappa shape index (κ2) is 4.07. The van der Waals surface area contributed by atoms with E-state index >= 15 is 0 Å². The third kappa shape index (κ3) is 2.46. The molecule has 0 saturated heterocycles. The van der Waals surface area contributed by atoms with Gasteiger partial charge in [-0.1, -0.05) is 19.8 Å². The highest BCUT2D eigenvalue weighted by atomic mass is 15.5. The minimum Gasteiger partial charge on any atom is -0.252 e. The Balaban J connectivity index is 2.31. The predicted molar refractivity (Wildman–Crippen MR) is 48.2 cm³/mol. The normalized spacial score (nSPS) is 31.6. The summed E-state index contributed by atoms with van der Waals surface area (Å²) in [6.07, 6.45) is 5.51. The summed E-state index contributed by atoms with van der Waals surface area (Å²) < 4.78 is 0. The summed E-state index contributed by atoms with van der Waals surface area (Å²) in [5.41, 5.74) is 3.48. The Bertz CT molecular complexity index is 112. The van der Waals surface area contributed by atoms with Crippen LogP contribution < -0.4 is 5.43 Å². The van der Waals surface area contributed by atoms with Crippen LogP contribution in [0.5, 0.6) is 0 Å². The van der Waals surface area contributed by atoms with Crippen LogP contribution in [0.4, 0.5) is 0 Å². The molecule has 2 nitrogen and oxygen atoms in total. The van der Waals surface area contributed by atoms with E-state index in [9.17, 15) is 0 Å². The summed E-state index contributed by atoms with van der Waals surface area (Å²) in [4.78, 5) is 0. The average Bonchev–Trinajstić information content (AvgIpc) is 2.34. The Labute approximate surface area is 69.9 Å². The smallest absolute Gasteiger partial charge is 0.0243 e. The largest absolute Gasteiger partial charge is 0.252 e. The van der Waals surface area contributed by atoms with Gasteiger partial charge >= 0.3 is 0 Å². The fourth-order valence-corrected chi connectivity index (χ4v) is 2.03. The minimum absolute atomic E-state index is 0.745. The van der Waals surface area contributed by atoms with Crippen LogP contribution in [0.3, 0.4) is 0 Å². The molecule has 2 unspecified atom stereocenters. The van der Waals surface area contributed by atoms with Crippen molar-refractivity contribution in [1.82, 2.24) is 10.4 Å². The summed E-state index contributed by atoms with van der Waals surface area (Å²) in [5.74, 6) is 0.914. The summed E-state index contributed by atoms with van der Waals surface area (Å²) in [5, 5.41) is 2.08. The minimum atomic E-state index is 0.745. The molecular formula is C9H20N2. The molecule has 1 fully saturated rings. The monoisotopic (exact) mass is 156 g/mol. The zero-order valence-electron chi connectivity index (χ0n) is 7.93. The van der Waals surface area contributed by atoms with Crippen LogP contribution in [-0.2, 0) is 0 Å². The van der Waals surface area contributed by atoms with Crippen LogP contribution >= 0.6 is 0 Å². The summed E-state index contributed by atoms with van der Waals surface area (Å²) in [7, 11) is 4.15. The van der Waals surface area contributed by atoms with Crippen LogP contribution in [-0.4, -0.2) is 25.1 Å². The third-order valence-electron chi connectivity index (χ3n) is 2.61. The molecule has 0 aromatic rings. The van der Waals surface area contributed by atoms with Crippen molar-refractivity contribution in [1.29, 1.82) is 0 Å². The van der Waals surface area contributed by atoms with Crippen molar-refractivity contribution in [3.05, 3.63) is 0 Å². The molecule has 0 aromatic heterocycles. The van der Waals surface area contributed by atoms with E-state index in [0.717, 1.165) is 12.0 Å². The first-order valence-electron chi connectivity index (χ1n) is 4.67. The maximum absolute atomic E-state index is 3.48. The fraction of sp³-hybridized carbons (Fsp3) is 1.00. The van der Waals surface area contributed by atoms with Gasteiger partial charge in [0.25, 0.3) is 0 Å². The van der Waals surface area contributed by atoms with Gasteiger partial charge in [0.15, 0.2) is 0 Å². The van der Waals surface area contributed by atoms with Gasteiger partial charge in [-0.3, -0.25) is 10.4 Å². The van der Waals surface area contributed by atoms with Crippen molar-refractivity contribution in [2.45, 2.75) is 38.6 Å². The van der Waals surface area contributed by atoms with Gasteiger partial charge in [0.1, 0.15) is 0 Å². The van der Waals surface area contributed by atoms with E-state index in [-0.39, 0.29) is 0 Å². The second-order valence-corrected chi connectivity index (χ2v) is 3.73. The Kier molecular flexibility index (Phi) is 3.34. The number of hydrogen-bond donors (Lipinski definition) is 1. The van der Waals surface area contributed by atoms with E-state index in [2.05, 4.69) is 31.5 Å². The SMILES string of the molecule is CCC1CCCC1NN(C)C. The maximum Gasteiger partial charge on any atom is 0.0243 e. The Morgan fingerprint density at radius 3 is 2.64 bits per heavy atom. The first-order valence-corrected chi connectivity index (χ1v) is 4.67. The maximum atomic E-state index is 3.48. The van der Waals surface area contributed by atoms with Crippen molar-refractivity contribution in [2.24, 2.45) is 5.92 Å². The summed E-state index contributed by atoms with van der Waals surface area (Å²) in [6, 6.07) is 0.745. The number of nitrogens with one attached hydrogen (secondary N) is 1. The van der Waals surface area contributed by atoms with Crippen molar-refractivity contribution in [3.63, 3.8) is 0 Å². The summed E-state index contributed by atoms with van der Waals surface area (Å²) in [6.45, 7) is 2.29. The predicted octanol–water partition coefficient (Wildman–Crippen LogP) is 1.63. The average molecular weight is 156 g/mol. The molecule has 1 aliphatic carbocycles. The van der Waals surface area contributed by atoms with E-state index in [4.69, 9.17) is 0 Å². The Morgan fingerprint density at radius 1 is 1.36 bits per heavy atom. The molecular weight excluding hydrogens is 136 g/mol. The van der Waals surface area contributed by atoms with E-state index in [1.54, 1.807) is 0 Å². The number of hydrogen-bond acceptors (Lipinski definition) is 2. The lowest BCUT2D eigenvalue weighted by Crippen LogP contribution is -2.41. The molecule has 11 heavy (non-hydrogen) atoms. The lowest BCUT2D eigenvalue weighted by molar-refractivity contribution is 0.210. The Morgan fingerprint density at radius 2 is 2.09 bits per heavy atom. The van der Waals surface area contributed by atoms with E-state index < -0.39 is 0 Å². The molecule has 0 amide bonds. The highest BCUT2D eigenvalue weighted by Crippen LogP contribution is 2.27. The van der Waals surface area contributed by atoms with Gasteiger partial charge in [-0.15, -0.1) is 0 Å². The van der Waals surface area contributed by atoms with Crippen LogP contribution in [0, 0.1) is 5.92 Å². The lowest BCUT2D eigenvalue weighted by atomic mass is 10.0. The molecule has 1 aliphatic rings. The van der Waals surface area contributed by atoms with Gasteiger partial charge in [-0.25, -0.2) is 0 Å². The number of nitrogens with zero attached hydrogens (tertiary/aromatic N) is 1. The molecule has 0 aliphatic heterocycles. The van der Waals surface area contributed by atoms with Gasteiger partial charge in [-0.2, -0.15) is 0 Å². The highest BCUT2D eigenvalue weighted by molar-refractivity contribution is 4.80. The van der Waals surface area contributed by atoms with Crippen molar-refractivity contribution in [3.8, 4) is 0 Å². The Hall–Kier alpha value is -0.0800. The van der Waals surface area contributed by atoms with Gasteiger partial charge in [0, 0.05) is 20.1 Å². The highest BCUT2D eigenvalue weighted by Gasteiger charge is 2.25. The molecule has 2 heteroatoms. The van der Waals surface area contributed by atoms with Crippen LogP contribution in [0.25, 0.3) is 0 Å². The first kappa shape index (κ1) is 9.01. The zero-order valence-corrected chi connectivity index (χ0v) is 7.93. The van der Waals surface area contributed by atoms with Crippen LogP contribution in [0.15, 0.2) is 0 Å². The molecule has 1 saturated carbocycles. The van der Waals surface area contributed by atoms with Gasteiger partial charge in [0.05, 0.1) is 0 Å². The molecule has 1 rings (SSSR count). The van der Waals surface area contributed by atoms with Crippen LogP contribution in [0.1, 0.15) is 32.6 Å². The quantitative estimate of drug-likeness (QED) is 0.625. The van der Waals surface area contributed by atoms with Crippen LogP contribution in [0.2, 0.25) is 0 Å². The van der Waals surface area contributed by atoms with Crippen molar-refractivity contribution in [2.75, 3.05) is 14.1 Å². The zero-order chi connectivity index (χ0) is 8.27. The number of hydrazine groups is 1. The molecule has 0 radical (unpaired) electrons. The van der Waals surface area contributed by atoms with Crippen molar-refractivity contribution < 1.29 is 0 Å². The molecule has 0 bridgehead atoms. The molecule has 0 aromatic carbocycles. The lowest BCUT2D eigenvalue weighted by Gasteiger charge is -2.23. The standard InChI is InChI=1S/C9H20N2/c1-4-8-6-5-7-9(8)10-11(2)3/h8-10H,4-7H2,1-3H3. The van der Waals surface area contributed by atoms with Gasteiger partial charge in [-0.05, 0) is 18.8 Å². The molecule has 0 heterocycles. The number of rotatable bonds is 3. The second-order valence-electron chi connectivity index (χ2n) is 3.73. The van der Waals surface area contributed by atoms with Gasteiger partial charge < -0.3 is 0 Å². The summed E-state index contributed by atoms with van der Waals surface area (Å²) >= 11 is 0. The van der Waals surface area contributed by atoms with E-state index in [0.29, 0.717) is 0 Å².